The number of carboxylic acids is 1. The van der Waals surface area contributed by atoms with Gasteiger partial charge in [-0.1, -0.05) is 30.3 Å². The van der Waals surface area contributed by atoms with E-state index in [2.05, 4.69) is 4.98 Å². The summed E-state index contributed by atoms with van der Waals surface area (Å²) in [6, 6.07) is 13.3. The van der Waals surface area contributed by atoms with Crippen molar-refractivity contribution in [3.63, 3.8) is 0 Å². The standard InChI is InChI=1S/C20H11FN4O3/c21-16-7-12(20(27)28)5-6-13(16)10-1-3-11(4-2-10)17-14(8-22)18(24)25-19(26)15(17)9-23/h1-7H,(H,27,28)(H3,24,25,26). The maximum absolute atomic E-state index is 14.3. The molecule has 0 aliphatic heterocycles. The van der Waals surface area contributed by atoms with Gasteiger partial charge >= 0.3 is 5.97 Å². The fourth-order valence-electron chi connectivity index (χ4n) is 2.83. The van der Waals surface area contributed by atoms with Crippen LogP contribution in [-0.2, 0) is 0 Å². The van der Waals surface area contributed by atoms with E-state index in [1.54, 1.807) is 6.07 Å². The van der Waals surface area contributed by atoms with Crippen molar-refractivity contribution < 1.29 is 14.3 Å². The molecule has 136 valence electrons. The van der Waals surface area contributed by atoms with Crippen LogP contribution in [0.15, 0.2) is 47.3 Å². The number of aromatic carboxylic acids is 1. The van der Waals surface area contributed by atoms with E-state index in [4.69, 9.17) is 10.8 Å². The molecular formula is C20H11FN4O3. The third-order valence-electron chi connectivity index (χ3n) is 4.17. The molecule has 7 nitrogen and oxygen atoms in total. The van der Waals surface area contributed by atoms with E-state index in [0.29, 0.717) is 11.1 Å². The molecule has 0 unspecified atom stereocenters. The molecule has 0 radical (unpaired) electrons. The van der Waals surface area contributed by atoms with Gasteiger partial charge in [0.1, 0.15) is 34.9 Å². The maximum Gasteiger partial charge on any atom is 0.335 e. The van der Waals surface area contributed by atoms with Crippen molar-refractivity contribution in [1.82, 2.24) is 4.98 Å². The van der Waals surface area contributed by atoms with Crippen LogP contribution in [-0.4, -0.2) is 16.1 Å². The number of nitrogens with one attached hydrogen (secondary N) is 1. The van der Waals surface area contributed by atoms with Crippen molar-refractivity contribution in [2.75, 3.05) is 5.73 Å². The molecule has 3 rings (SSSR count). The highest BCUT2D eigenvalue weighted by Gasteiger charge is 2.18. The summed E-state index contributed by atoms with van der Waals surface area (Å²) in [6.07, 6.45) is 0. The summed E-state index contributed by atoms with van der Waals surface area (Å²) in [4.78, 5) is 25.2. The van der Waals surface area contributed by atoms with E-state index in [1.807, 2.05) is 6.07 Å². The number of pyridine rings is 1. The van der Waals surface area contributed by atoms with Gasteiger partial charge in [0.05, 0.1) is 5.56 Å². The summed E-state index contributed by atoms with van der Waals surface area (Å²) in [5.74, 6) is -2.09. The minimum Gasteiger partial charge on any atom is -0.478 e. The second-order valence-electron chi connectivity index (χ2n) is 5.79. The Bertz CT molecular complexity index is 1250. The molecule has 4 N–H and O–H groups in total. The molecule has 0 aliphatic carbocycles. The van der Waals surface area contributed by atoms with Crippen LogP contribution in [0.5, 0.6) is 0 Å². The Morgan fingerprint density at radius 3 is 2.18 bits per heavy atom. The lowest BCUT2D eigenvalue weighted by molar-refractivity contribution is 0.0696. The van der Waals surface area contributed by atoms with Gasteiger partial charge < -0.3 is 15.8 Å². The molecule has 0 aliphatic rings. The van der Waals surface area contributed by atoms with Crippen molar-refractivity contribution in [2.24, 2.45) is 0 Å². The Morgan fingerprint density at radius 1 is 1.04 bits per heavy atom. The molecule has 1 heterocycles. The smallest absolute Gasteiger partial charge is 0.335 e. The molecule has 28 heavy (non-hydrogen) atoms. The first-order valence-electron chi connectivity index (χ1n) is 7.87. The Kier molecular flexibility index (Phi) is 4.63. The molecule has 0 amide bonds. The molecule has 0 spiro atoms. The monoisotopic (exact) mass is 374 g/mol. The minimum atomic E-state index is -1.24. The summed E-state index contributed by atoms with van der Waals surface area (Å²) >= 11 is 0. The molecule has 0 fully saturated rings. The summed E-state index contributed by atoms with van der Waals surface area (Å²) < 4.78 is 14.3. The topological polar surface area (TPSA) is 144 Å². The van der Waals surface area contributed by atoms with Crippen molar-refractivity contribution in [3.8, 4) is 34.4 Å². The normalized spacial score (nSPS) is 10.1. The van der Waals surface area contributed by atoms with Crippen LogP contribution in [0.25, 0.3) is 22.3 Å². The second kappa shape index (κ2) is 7.06. The van der Waals surface area contributed by atoms with Gasteiger partial charge in [0.2, 0.25) is 0 Å². The van der Waals surface area contributed by atoms with E-state index >= 15 is 0 Å². The van der Waals surface area contributed by atoms with Crippen molar-refractivity contribution in [3.05, 3.63) is 75.3 Å². The number of anilines is 1. The van der Waals surface area contributed by atoms with Crippen molar-refractivity contribution in [2.45, 2.75) is 0 Å². The number of carbonyl (C=O) groups is 1. The zero-order chi connectivity index (χ0) is 20.4. The van der Waals surface area contributed by atoms with Crippen molar-refractivity contribution >= 4 is 11.8 Å². The van der Waals surface area contributed by atoms with Gasteiger partial charge in [0, 0.05) is 11.1 Å². The number of nitrogens with zero attached hydrogens (tertiary/aromatic N) is 2. The largest absolute Gasteiger partial charge is 0.478 e. The first-order valence-corrected chi connectivity index (χ1v) is 7.87. The molecular weight excluding hydrogens is 363 g/mol. The fourth-order valence-corrected chi connectivity index (χ4v) is 2.83. The Balaban J connectivity index is 2.13. The van der Waals surface area contributed by atoms with Crippen LogP contribution in [0.3, 0.4) is 0 Å². The average Bonchev–Trinajstić information content (AvgIpc) is 2.67. The number of aromatic nitrogens is 1. The molecule has 2 aromatic carbocycles. The number of rotatable bonds is 3. The number of carboxylic acid groups (broad SMARTS) is 1. The zero-order valence-electron chi connectivity index (χ0n) is 14.2. The highest BCUT2D eigenvalue weighted by molar-refractivity contribution is 5.88. The van der Waals surface area contributed by atoms with Gasteiger partial charge in [-0.05, 0) is 23.3 Å². The van der Waals surface area contributed by atoms with Crippen LogP contribution >= 0.6 is 0 Å². The van der Waals surface area contributed by atoms with Gasteiger partial charge in [-0.15, -0.1) is 0 Å². The molecule has 1 aromatic heterocycles. The van der Waals surface area contributed by atoms with E-state index in [9.17, 15) is 24.5 Å². The highest BCUT2D eigenvalue weighted by atomic mass is 19.1. The predicted molar refractivity (Wildman–Crippen MR) is 98.7 cm³/mol. The maximum atomic E-state index is 14.3. The predicted octanol–water partition coefficient (Wildman–Crippen LogP) is 2.87. The molecule has 3 aromatic rings. The number of nitriles is 2. The van der Waals surface area contributed by atoms with Crippen LogP contribution < -0.4 is 11.3 Å². The highest BCUT2D eigenvalue weighted by Crippen LogP contribution is 2.31. The summed E-state index contributed by atoms with van der Waals surface area (Å²) in [6.45, 7) is 0. The number of hydrogen-bond donors (Lipinski definition) is 3. The Labute approximate surface area is 157 Å². The van der Waals surface area contributed by atoms with E-state index in [-0.39, 0.29) is 33.6 Å². The number of halogens is 1. The molecule has 0 saturated heterocycles. The lowest BCUT2D eigenvalue weighted by atomic mass is 9.94. The minimum absolute atomic E-state index is 0.0408. The fraction of sp³-hybridized carbons (Fsp3) is 0. The summed E-state index contributed by atoms with van der Waals surface area (Å²) in [7, 11) is 0. The molecule has 0 atom stereocenters. The van der Waals surface area contributed by atoms with Crippen molar-refractivity contribution in [1.29, 1.82) is 10.5 Å². The van der Waals surface area contributed by atoms with E-state index in [1.165, 1.54) is 36.4 Å². The zero-order valence-corrected chi connectivity index (χ0v) is 14.2. The quantitative estimate of drug-likeness (QED) is 0.643. The summed E-state index contributed by atoms with van der Waals surface area (Å²) in [5.41, 5.74) is 5.62. The summed E-state index contributed by atoms with van der Waals surface area (Å²) in [5, 5.41) is 27.6. The van der Waals surface area contributed by atoms with Gasteiger partial charge in [0.25, 0.3) is 5.56 Å². The molecule has 0 bridgehead atoms. The number of aromatic amines is 1. The lowest BCUT2D eigenvalue weighted by Gasteiger charge is -2.10. The van der Waals surface area contributed by atoms with Gasteiger partial charge in [-0.3, -0.25) is 4.79 Å². The average molecular weight is 374 g/mol. The van der Waals surface area contributed by atoms with Crippen LogP contribution in [0.1, 0.15) is 21.5 Å². The third kappa shape index (κ3) is 3.06. The molecule has 8 heteroatoms. The van der Waals surface area contributed by atoms with Gasteiger partial charge in [-0.25, -0.2) is 9.18 Å². The number of nitrogens with two attached hydrogens (primary N) is 1. The number of hydrogen-bond acceptors (Lipinski definition) is 5. The van der Waals surface area contributed by atoms with Gasteiger partial charge in [-0.2, -0.15) is 10.5 Å². The number of H-pyrrole nitrogens is 1. The van der Waals surface area contributed by atoms with Gasteiger partial charge in [0.15, 0.2) is 0 Å². The number of benzene rings is 2. The first-order chi connectivity index (χ1) is 13.4. The Hall–Kier alpha value is -4.43. The second-order valence-corrected chi connectivity index (χ2v) is 5.79. The number of nitrogen functional groups attached to an aromatic ring is 1. The van der Waals surface area contributed by atoms with Crippen LogP contribution in [0, 0.1) is 28.5 Å². The van der Waals surface area contributed by atoms with Crippen LogP contribution in [0.2, 0.25) is 0 Å². The molecule has 0 saturated carbocycles. The van der Waals surface area contributed by atoms with E-state index in [0.717, 1.165) is 6.07 Å². The lowest BCUT2D eigenvalue weighted by Crippen LogP contribution is -2.16. The Morgan fingerprint density at radius 2 is 1.64 bits per heavy atom. The third-order valence-corrected chi connectivity index (χ3v) is 4.17. The first kappa shape index (κ1) is 18.4. The SMILES string of the molecule is N#Cc1c(N)[nH]c(=O)c(C#N)c1-c1ccc(-c2ccc(C(=O)O)cc2F)cc1. The van der Waals surface area contributed by atoms with E-state index < -0.39 is 17.3 Å². The van der Waals surface area contributed by atoms with Crippen LogP contribution in [0.4, 0.5) is 10.2 Å².